The van der Waals surface area contributed by atoms with Crippen LogP contribution in [0, 0.1) is 0 Å². The molecule has 0 radical (unpaired) electrons. The van der Waals surface area contributed by atoms with E-state index in [1.165, 1.54) is 23.5 Å². The first-order valence-corrected chi connectivity index (χ1v) is 5.51. The molecule has 6 heteroatoms. The average Bonchev–Trinajstić information content (AvgIpc) is 2.65. The Hall–Kier alpha value is -1.69. The maximum absolute atomic E-state index is 12.0. The van der Waals surface area contributed by atoms with Crippen LogP contribution in [0.5, 0.6) is 11.5 Å². The molecular weight excluding hydrogens is 253 g/mol. The molecule has 0 saturated heterocycles. The van der Waals surface area contributed by atoms with Crippen LogP contribution in [0.1, 0.15) is 0 Å². The largest absolute Gasteiger partial charge is 0.573 e. The molecule has 0 spiro atoms. The van der Waals surface area contributed by atoms with Crippen molar-refractivity contribution in [3.63, 3.8) is 0 Å². The molecule has 90 valence electrons. The Balaban J connectivity index is 2.36. The van der Waals surface area contributed by atoms with E-state index < -0.39 is 12.1 Å². The third-order valence-corrected chi connectivity index (χ3v) is 2.66. The highest BCUT2D eigenvalue weighted by Gasteiger charge is 2.31. The third-order valence-electron chi connectivity index (χ3n) is 1.98. The molecule has 0 atom stereocenters. The summed E-state index contributed by atoms with van der Waals surface area (Å²) < 4.78 is 39.9. The smallest absolute Gasteiger partial charge is 0.508 e. The lowest BCUT2D eigenvalue weighted by molar-refractivity contribution is -0.274. The molecule has 2 rings (SSSR count). The Morgan fingerprint density at radius 3 is 2.47 bits per heavy atom. The number of ether oxygens (including phenoxy) is 1. The molecule has 0 aliphatic carbocycles. The van der Waals surface area contributed by atoms with Crippen molar-refractivity contribution in [3.8, 4) is 22.6 Å². The molecule has 1 N–H and O–H groups in total. The van der Waals surface area contributed by atoms with Crippen LogP contribution in [0.4, 0.5) is 13.2 Å². The molecule has 0 saturated carbocycles. The van der Waals surface area contributed by atoms with Gasteiger partial charge < -0.3 is 9.84 Å². The van der Waals surface area contributed by atoms with Crippen molar-refractivity contribution in [3.05, 3.63) is 35.0 Å². The van der Waals surface area contributed by atoms with Crippen LogP contribution in [0.25, 0.3) is 11.1 Å². The lowest BCUT2D eigenvalue weighted by Crippen LogP contribution is -2.17. The van der Waals surface area contributed by atoms with Crippen molar-refractivity contribution in [2.45, 2.75) is 6.36 Å². The van der Waals surface area contributed by atoms with Crippen LogP contribution >= 0.6 is 11.3 Å². The topological polar surface area (TPSA) is 29.5 Å². The Kier molecular flexibility index (Phi) is 2.97. The van der Waals surface area contributed by atoms with Crippen molar-refractivity contribution in [2.24, 2.45) is 0 Å². The van der Waals surface area contributed by atoms with E-state index in [0.29, 0.717) is 5.56 Å². The number of halogens is 3. The summed E-state index contributed by atoms with van der Waals surface area (Å²) >= 11 is 1.41. The van der Waals surface area contributed by atoms with Crippen LogP contribution in [0.2, 0.25) is 0 Å². The van der Waals surface area contributed by atoms with Gasteiger partial charge in [-0.3, -0.25) is 0 Å². The Bertz CT molecular complexity index is 506. The van der Waals surface area contributed by atoms with Crippen molar-refractivity contribution in [1.82, 2.24) is 0 Å². The van der Waals surface area contributed by atoms with Gasteiger partial charge in [0, 0.05) is 6.07 Å². The molecule has 1 aromatic carbocycles. The average molecular weight is 260 g/mol. The Labute approximate surface area is 98.9 Å². The van der Waals surface area contributed by atoms with E-state index in [4.69, 9.17) is 0 Å². The Morgan fingerprint density at radius 2 is 1.88 bits per heavy atom. The number of phenolic OH excluding ortho intramolecular Hbond substituents is 1. The van der Waals surface area contributed by atoms with Crippen molar-refractivity contribution < 1.29 is 23.0 Å². The number of hydrogen-bond donors (Lipinski definition) is 1. The second-order valence-electron chi connectivity index (χ2n) is 3.28. The maximum atomic E-state index is 12.0. The second kappa shape index (κ2) is 4.29. The van der Waals surface area contributed by atoms with Crippen LogP contribution < -0.4 is 4.74 Å². The summed E-state index contributed by atoms with van der Waals surface area (Å²) in [7, 11) is 0. The number of alkyl halides is 3. The van der Waals surface area contributed by atoms with Crippen LogP contribution in [0.15, 0.2) is 35.0 Å². The zero-order chi connectivity index (χ0) is 12.5. The lowest BCUT2D eigenvalue weighted by Gasteiger charge is -2.10. The first-order chi connectivity index (χ1) is 7.94. The van der Waals surface area contributed by atoms with E-state index >= 15 is 0 Å². The van der Waals surface area contributed by atoms with Gasteiger partial charge in [-0.05, 0) is 40.1 Å². The standard InChI is InChI=1S/C11H7F3O2S/c12-11(13,14)16-10-4-8(3-9(15)5-10)7-1-2-17-6-7/h1-6,15H. The van der Waals surface area contributed by atoms with E-state index in [1.807, 2.05) is 0 Å². The van der Waals surface area contributed by atoms with Gasteiger partial charge in [0.05, 0.1) is 0 Å². The molecule has 1 heterocycles. The van der Waals surface area contributed by atoms with Gasteiger partial charge in [-0.15, -0.1) is 13.2 Å². The number of thiophene rings is 1. The molecule has 17 heavy (non-hydrogen) atoms. The van der Waals surface area contributed by atoms with Gasteiger partial charge in [-0.1, -0.05) is 0 Å². The van der Waals surface area contributed by atoms with E-state index in [2.05, 4.69) is 4.74 Å². The van der Waals surface area contributed by atoms with Gasteiger partial charge in [0.2, 0.25) is 0 Å². The highest BCUT2D eigenvalue weighted by molar-refractivity contribution is 7.08. The van der Waals surface area contributed by atoms with Crippen molar-refractivity contribution >= 4 is 11.3 Å². The fourth-order valence-corrected chi connectivity index (χ4v) is 2.04. The molecule has 2 aromatic rings. The SMILES string of the molecule is Oc1cc(OC(F)(F)F)cc(-c2ccsc2)c1. The fraction of sp³-hybridized carbons (Fsp3) is 0.0909. The summed E-state index contributed by atoms with van der Waals surface area (Å²) in [4.78, 5) is 0. The minimum Gasteiger partial charge on any atom is -0.508 e. The van der Waals surface area contributed by atoms with E-state index in [0.717, 1.165) is 11.6 Å². The number of rotatable bonds is 2. The fourth-order valence-electron chi connectivity index (χ4n) is 1.37. The predicted octanol–water partition coefficient (Wildman–Crippen LogP) is 4.02. The minimum atomic E-state index is -4.76. The highest BCUT2D eigenvalue weighted by atomic mass is 32.1. The van der Waals surface area contributed by atoms with Gasteiger partial charge >= 0.3 is 6.36 Å². The first-order valence-electron chi connectivity index (χ1n) is 4.56. The number of phenols is 1. The molecule has 1 aromatic heterocycles. The van der Waals surface area contributed by atoms with Crippen LogP contribution in [-0.2, 0) is 0 Å². The number of benzene rings is 1. The van der Waals surface area contributed by atoms with Crippen molar-refractivity contribution in [2.75, 3.05) is 0 Å². The summed E-state index contributed by atoms with van der Waals surface area (Å²) in [6, 6.07) is 5.28. The zero-order valence-electron chi connectivity index (χ0n) is 8.36. The third kappa shape index (κ3) is 3.13. The summed E-state index contributed by atoms with van der Waals surface area (Å²) in [6.07, 6.45) is -4.76. The number of hydrogen-bond acceptors (Lipinski definition) is 3. The molecule has 0 aliphatic heterocycles. The van der Waals surface area contributed by atoms with Gasteiger partial charge in [-0.25, -0.2) is 0 Å². The first kappa shape index (κ1) is 11.8. The monoisotopic (exact) mass is 260 g/mol. The molecule has 0 aliphatic rings. The molecule has 2 nitrogen and oxygen atoms in total. The molecular formula is C11H7F3O2S. The summed E-state index contributed by atoms with van der Waals surface area (Å²) in [5.74, 6) is -0.702. The maximum Gasteiger partial charge on any atom is 0.573 e. The van der Waals surface area contributed by atoms with Crippen molar-refractivity contribution in [1.29, 1.82) is 0 Å². The molecule has 0 amide bonds. The molecule has 0 unspecified atom stereocenters. The van der Waals surface area contributed by atoms with E-state index in [-0.39, 0.29) is 5.75 Å². The summed E-state index contributed by atoms with van der Waals surface area (Å²) in [6.45, 7) is 0. The van der Waals surface area contributed by atoms with Gasteiger partial charge in [-0.2, -0.15) is 11.3 Å². The summed E-state index contributed by atoms with van der Waals surface area (Å²) in [5.41, 5.74) is 1.21. The quantitative estimate of drug-likeness (QED) is 0.883. The van der Waals surface area contributed by atoms with Crippen LogP contribution in [0.3, 0.4) is 0 Å². The molecule has 0 fully saturated rings. The summed E-state index contributed by atoms with van der Waals surface area (Å²) in [5, 5.41) is 12.9. The Morgan fingerprint density at radius 1 is 1.12 bits per heavy atom. The zero-order valence-corrected chi connectivity index (χ0v) is 9.18. The van der Waals surface area contributed by atoms with E-state index in [9.17, 15) is 18.3 Å². The van der Waals surface area contributed by atoms with Gasteiger partial charge in [0.25, 0.3) is 0 Å². The molecule has 0 bridgehead atoms. The number of aromatic hydroxyl groups is 1. The normalized spacial score (nSPS) is 11.5. The van der Waals surface area contributed by atoms with Gasteiger partial charge in [0.15, 0.2) is 0 Å². The van der Waals surface area contributed by atoms with Gasteiger partial charge in [0.1, 0.15) is 11.5 Å². The lowest BCUT2D eigenvalue weighted by atomic mass is 10.1. The minimum absolute atomic E-state index is 0.270. The van der Waals surface area contributed by atoms with Crippen LogP contribution in [-0.4, -0.2) is 11.5 Å². The second-order valence-corrected chi connectivity index (χ2v) is 4.06. The highest BCUT2D eigenvalue weighted by Crippen LogP contribution is 2.32. The predicted molar refractivity (Wildman–Crippen MR) is 58.1 cm³/mol. The van der Waals surface area contributed by atoms with E-state index in [1.54, 1.807) is 16.8 Å².